The fraction of sp³-hybridized carbons (Fsp3) is 0.485. The van der Waals surface area contributed by atoms with Crippen molar-refractivity contribution in [3.05, 3.63) is 77.3 Å². The third kappa shape index (κ3) is 3.65. The Hall–Kier alpha value is -3.17. The van der Waals surface area contributed by atoms with Gasteiger partial charge in [0.05, 0.1) is 29.9 Å². The largest absolute Gasteiger partial charge is 0.457 e. The summed E-state index contributed by atoms with van der Waals surface area (Å²) in [5.74, 6) is -1.06. The lowest BCUT2D eigenvalue weighted by Crippen LogP contribution is -2.63. The maximum absolute atomic E-state index is 13.6. The lowest BCUT2D eigenvalue weighted by molar-refractivity contribution is -0.179. The molecule has 3 saturated carbocycles. The van der Waals surface area contributed by atoms with Crippen LogP contribution in [0.4, 0.5) is 4.39 Å². The van der Waals surface area contributed by atoms with Gasteiger partial charge in [0, 0.05) is 11.3 Å². The van der Waals surface area contributed by atoms with E-state index in [1.54, 1.807) is 18.2 Å². The Morgan fingerprint density at radius 3 is 2.67 bits per heavy atom. The standard InChI is InChI=1S/C33H35FN2O5S/c1-18-13-24-23-11-6-20-14-25-19(17-35-36(25)22-9-7-21(34)8-10-22)15-31(20,2)28(23)26(37)16-32(24,3)33(18,30(39)42)41-29(38)27-5-4-12-40-27/h4-5,7-10,12,14,17-18,23-24,26,28,37H,6,11,13,15-16H2,1-3H3,(H,39,42)/t18-,23+,24+,26+,28-,31+,32+,33+/m1/s1. The summed E-state index contributed by atoms with van der Waals surface area (Å²) < 4.78 is 26.9. The van der Waals surface area contributed by atoms with Crippen LogP contribution in [0.15, 0.2) is 58.8 Å². The van der Waals surface area contributed by atoms with E-state index in [9.17, 15) is 19.1 Å². The average Bonchev–Trinajstić information content (AvgIpc) is 3.66. The summed E-state index contributed by atoms with van der Waals surface area (Å²) in [5, 5.41) is 16.2. The number of esters is 1. The fourth-order valence-corrected chi connectivity index (χ4v) is 10.1. The number of thiol groups is 1. The summed E-state index contributed by atoms with van der Waals surface area (Å²) >= 11 is 4.32. The van der Waals surface area contributed by atoms with E-state index in [1.807, 2.05) is 24.7 Å². The molecule has 220 valence electrons. The van der Waals surface area contributed by atoms with Gasteiger partial charge in [-0.3, -0.25) is 4.79 Å². The van der Waals surface area contributed by atoms with Crippen LogP contribution in [0.25, 0.3) is 11.8 Å². The smallest absolute Gasteiger partial charge is 0.375 e. The van der Waals surface area contributed by atoms with Crippen molar-refractivity contribution in [1.82, 2.24) is 9.78 Å². The van der Waals surface area contributed by atoms with Gasteiger partial charge in [0.25, 0.3) is 0 Å². The maximum atomic E-state index is 13.6. The Bertz CT molecular complexity index is 1600. The molecular formula is C33H35FN2O5S. The molecule has 2 aromatic heterocycles. The first-order valence-electron chi connectivity index (χ1n) is 14.7. The number of aliphatic hydroxyl groups is 1. The summed E-state index contributed by atoms with van der Waals surface area (Å²) in [6, 6.07) is 9.47. The Morgan fingerprint density at radius 2 is 1.98 bits per heavy atom. The lowest BCUT2D eigenvalue weighted by atomic mass is 9.45. The molecule has 4 aliphatic rings. The molecule has 0 saturated heterocycles. The Balaban J connectivity index is 1.24. The van der Waals surface area contributed by atoms with Crippen molar-refractivity contribution in [3.63, 3.8) is 0 Å². The first-order valence-corrected chi connectivity index (χ1v) is 15.2. The quantitative estimate of drug-likeness (QED) is 0.284. The van der Waals surface area contributed by atoms with Gasteiger partial charge in [0.1, 0.15) is 5.82 Å². The van der Waals surface area contributed by atoms with E-state index in [2.05, 4.69) is 30.7 Å². The maximum Gasteiger partial charge on any atom is 0.375 e. The number of halogens is 1. The minimum Gasteiger partial charge on any atom is -0.457 e. The zero-order valence-electron chi connectivity index (χ0n) is 23.9. The molecule has 1 N–H and O–H groups in total. The van der Waals surface area contributed by atoms with Crippen molar-refractivity contribution in [3.8, 4) is 5.69 Å². The second-order valence-corrected chi connectivity index (χ2v) is 13.7. The van der Waals surface area contributed by atoms with Crippen molar-refractivity contribution in [2.75, 3.05) is 0 Å². The van der Waals surface area contributed by atoms with E-state index in [0.717, 1.165) is 36.2 Å². The zero-order chi connectivity index (χ0) is 29.6. The molecule has 42 heavy (non-hydrogen) atoms. The van der Waals surface area contributed by atoms with Crippen molar-refractivity contribution >= 4 is 29.8 Å². The molecule has 7 rings (SSSR count). The number of furan rings is 1. The summed E-state index contributed by atoms with van der Waals surface area (Å²) in [5.41, 5.74) is 1.62. The van der Waals surface area contributed by atoms with Crippen LogP contribution in [0.1, 0.15) is 68.3 Å². The predicted octanol–water partition coefficient (Wildman–Crippen LogP) is 6.06. The van der Waals surface area contributed by atoms with Gasteiger partial charge in [-0.2, -0.15) is 5.10 Å². The van der Waals surface area contributed by atoms with Gasteiger partial charge in [-0.25, -0.2) is 13.9 Å². The monoisotopic (exact) mass is 590 g/mol. The molecule has 0 radical (unpaired) electrons. The van der Waals surface area contributed by atoms with Crippen molar-refractivity contribution in [2.24, 2.45) is 34.5 Å². The number of fused-ring (bicyclic) bond motifs is 6. The molecule has 4 aliphatic carbocycles. The highest BCUT2D eigenvalue weighted by molar-refractivity contribution is 7.96. The molecule has 0 amide bonds. The summed E-state index contributed by atoms with van der Waals surface area (Å²) in [7, 11) is 0. The van der Waals surface area contributed by atoms with Gasteiger partial charge in [0.2, 0.25) is 10.9 Å². The molecule has 7 nitrogen and oxygen atoms in total. The predicted molar refractivity (Wildman–Crippen MR) is 156 cm³/mol. The summed E-state index contributed by atoms with van der Waals surface area (Å²) in [4.78, 5) is 26.6. The topological polar surface area (TPSA) is 94.6 Å². The number of benzene rings is 1. The highest BCUT2D eigenvalue weighted by atomic mass is 32.1. The number of carbonyl (C=O) groups excluding carboxylic acids is 2. The minimum atomic E-state index is -1.48. The van der Waals surface area contributed by atoms with Gasteiger partial charge in [-0.15, -0.1) is 12.6 Å². The van der Waals surface area contributed by atoms with Crippen molar-refractivity contribution < 1.29 is 28.2 Å². The lowest BCUT2D eigenvalue weighted by Gasteiger charge is -2.60. The van der Waals surface area contributed by atoms with Gasteiger partial charge >= 0.3 is 5.97 Å². The third-order valence-corrected chi connectivity index (χ3v) is 11.7. The van der Waals surface area contributed by atoms with Gasteiger partial charge in [-0.05, 0) is 103 Å². The van der Waals surface area contributed by atoms with Crippen LogP contribution in [-0.2, 0) is 16.0 Å². The van der Waals surface area contributed by atoms with E-state index < -0.39 is 28.2 Å². The van der Waals surface area contributed by atoms with Crippen LogP contribution in [0.5, 0.6) is 0 Å². The molecule has 8 atom stereocenters. The molecule has 9 heteroatoms. The second-order valence-electron chi connectivity index (χ2n) is 13.3. The fourth-order valence-electron chi connectivity index (χ4n) is 9.60. The first-order chi connectivity index (χ1) is 20.0. The highest BCUT2D eigenvalue weighted by Gasteiger charge is 2.72. The summed E-state index contributed by atoms with van der Waals surface area (Å²) in [6.45, 7) is 6.22. The number of nitrogens with zero attached hydrogens (tertiary/aromatic N) is 2. The molecule has 3 aromatic rings. The van der Waals surface area contributed by atoms with Crippen LogP contribution in [0, 0.1) is 40.3 Å². The number of aliphatic hydroxyl groups excluding tert-OH is 1. The number of allylic oxidation sites excluding steroid dienone is 1. The SMILES string of the molecule is C[C@@H]1C[C@H]2[C@@H]3CCC4=Cc5c(cnn5-c5ccc(F)cc5)C[C@]4(C)[C@H]3[C@@H](O)C[C@]2(C)[C@@]1(OC(=O)c1ccco1)C(=O)S. The number of hydrogen-bond donors (Lipinski definition) is 2. The van der Waals surface area contributed by atoms with E-state index in [4.69, 9.17) is 9.15 Å². The second kappa shape index (κ2) is 9.41. The van der Waals surface area contributed by atoms with Crippen LogP contribution < -0.4 is 0 Å². The first kappa shape index (κ1) is 27.7. The van der Waals surface area contributed by atoms with E-state index >= 15 is 0 Å². The van der Waals surface area contributed by atoms with Crippen LogP contribution in [0.2, 0.25) is 0 Å². The molecule has 0 spiro atoms. The number of ether oxygens (including phenoxy) is 1. The summed E-state index contributed by atoms with van der Waals surface area (Å²) in [6.07, 6.45) is 8.26. The Kier molecular flexibility index (Phi) is 6.20. The number of carbonyl (C=O) groups is 2. The molecule has 1 aromatic carbocycles. The number of rotatable bonds is 4. The van der Waals surface area contributed by atoms with E-state index in [-0.39, 0.29) is 40.7 Å². The van der Waals surface area contributed by atoms with Gasteiger partial charge in [0.15, 0.2) is 5.60 Å². The number of hydrogen-bond acceptors (Lipinski definition) is 6. The Labute approximate surface area is 249 Å². The van der Waals surface area contributed by atoms with Crippen molar-refractivity contribution in [1.29, 1.82) is 0 Å². The molecule has 0 unspecified atom stereocenters. The van der Waals surface area contributed by atoms with Crippen LogP contribution in [0.3, 0.4) is 0 Å². The molecule has 0 aliphatic heterocycles. The van der Waals surface area contributed by atoms with Crippen LogP contribution in [-0.4, -0.2) is 37.7 Å². The third-order valence-electron chi connectivity index (χ3n) is 11.3. The molecule has 0 bridgehead atoms. The number of aromatic nitrogens is 2. The van der Waals surface area contributed by atoms with E-state index in [0.29, 0.717) is 12.8 Å². The van der Waals surface area contributed by atoms with E-state index in [1.165, 1.54) is 30.0 Å². The Morgan fingerprint density at radius 1 is 1.21 bits per heavy atom. The molecule has 3 fully saturated rings. The van der Waals surface area contributed by atoms with Crippen molar-refractivity contribution in [2.45, 2.75) is 64.6 Å². The van der Waals surface area contributed by atoms with Gasteiger partial charge < -0.3 is 14.3 Å². The van der Waals surface area contributed by atoms with Gasteiger partial charge in [-0.1, -0.05) is 26.3 Å². The molecule has 2 heterocycles. The average molecular weight is 591 g/mol. The zero-order valence-corrected chi connectivity index (χ0v) is 24.8. The minimum absolute atomic E-state index is 0.0308. The normalized spacial score (nSPS) is 36.7. The van der Waals surface area contributed by atoms with Crippen LogP contribution >= 0.6 is 12.6 Å². The molecular weight excluding hydrogens is 555 g/mol. The highest BCUT2D eigenvalue weighted by Crippen LogP contribution is 2.69.